The van der Waals surface area contributed by atoms with E-state index in [1.54, 1.807) is 11.8 Å². The second kappa shape index (κ2) is 8.15. The zero-order valence-corrected chi connectivity index (χ0v) is 11.5. The van der Waals surface area contributed by atoms with Gasteiger partial charge in [-0.15, -0.1) is 0 Å². The Morgan fingerprint density at radius 1 is 1.29 bits per heavy atom. The van der Waals surface area contributed by atoms with Crippen LogP contribution < -0.4 is 5.73 Å². The van der Waals surface area contributed by atoms with E-state index in [-0.39, 0.29) is 0 Å². The largest absolute Gasteiger partial charge is 0.326 e. The number of allylic oxidation sites excluding steroid dienone is 3. The maximum atomic E-state index is 5.59. The van der Waals surface area contributed by atoms with Gasteiger partial charge in [-0.3, -0.25) is 0 Å². The lowest BCUT2D eigenvalue weighted by Crippen LogP contribution is -1.94. The maximum absolute atomic E-state index is 5.59. The summed E-state index contributed by atoms with van der Waals surface area (Å²) in [5, 5.41) is 0. The minimum absolute atomic E-state index is 0.609. The summed E-state index contributed by atoms with van der Waals surface area (Å²) < 4.78 is 0. The highest BCUT2D eigenvalue weighted by Crippen LogP contribution is 2.28. The first kappa shape index (κ1) is 14.1. The molecule has 0 bridgehead atoms. The monoisotopic (exact) mass is 247 g/mol. The van der Waals surface area contributed by atoms with E-state index in [1.165, 1.54) is 21.8 Å². The van der Waals surface area contributed by atoms with Gasteiger partial charge < -0.3 is 5.73 Å². The van der Waals surface area contributed by atoms with Crippen molar-refractivity contribution in [1.82, 2.24) is 0 Å². The van der Waals surface area contributed by atoms with E-state index < -0.39 is 0 Å². The van der Waals surface area contributed by atoms with Crippen molar-refractivity contribution in [3.8, 4) is 0 Å². The minimum atomic E-state index is 0.609. The molecular formula is C15H21NS. The standard InChI is InChI=1S/C15H21NS/c1-3-5-7-14(6-4-2)17-15-10-8-13(12-16)9-11-15/h4,6-11H,3,5,12,16H2,1-2H3/b6-4-,14-7+. The van der Waals surface area contributed by atoms with Gasteiger partial charge in [0.25, 0.3) is 0 Å². The predicted octanol–water partition coefficient (Wildman–Crippen LogP) is 4.50. The lowest BCUT2D eigenvalue weighted by Gasteiger charge is -2.04. The molecule has 0 saturated carbocycles. The highest BCUT2D eigenvalue weighted by atomic mass is 32.2. The van der Waals surface area contributed by atoms with Crippen molar-refractivity contribution >= 4 is 11.8 Å². The third kappa shape index (κ3) is 5.24. The molecule has 0 aliphatic rings. The Labute approximate surface area is 109 Å². The quantitative estimate of drug-likeness (QED) is 0.592. The molecule has 0 atom stereocenters. The van der Waals surface area contributed by atoms with E-state index in [9.17, 15) is 0 Å². The van der Waals surface area contributed by atoms with Crippen LogP contribution in [-0.2, 0) is 6.54 Å². The van der Waals surface area contributed by atoms with E-state index in [4.69, 9.17) is 5.73 Å². The summed E-state index contributed by atoms with van der Waals surface area (Å²) in [5.74, 6) is 0. The van der Waals surface area contributed by atoms with Crippen molar-refractivity contribution in [1.29, 1.82) is 0 Å². The molecule has 0 heterocycles. The zero-order chi connectivity index (χ0) is 12.5. The van der Waals surface area contributed by atoms with Crippen LogP contribution in [0.2, 0.25) is 0 Å². The average molecular weight is 247 g/mol. The number of hydrogen-bond donors (Lipinski definition) is 1. The number of thioether (sulfide) groups is 1. The Balaban J connectivity index is 2.71. The van der Waals surface area contributed by atoms with Gasteiger partial charge >= 0.3 is 0 Å². The molecule has 0 saturated heterocycles. The molecule has 2 heteroatoms. The fourth-order valence-electron chi connectivity index (χ4n) is 1.42. The molecule has 2 N–H and O–H groups in total. The SMILES string of the molecule is C/C=C\C(=C/CCC)Sc1ccc(CN)cc1. The van der Waals surface area contributed by atoms with Crippen LogP contribution in [-0.4, -0.2) is 0 Å². The zero-order valence-electron chi connectivity index (χ0n) is 10.6. The lowest BCUT2D eigenvalue weighted by atomic mass is 10.2. The van der Waals surface area contributed by atoms with Crippen LogP contribution in [0.3, 0.4) is 0 Å². The van der Waals surface area contributed by atoms with Crippen molar-refractivity contribution in [3.63, 3.8) is 0 Å². The van der Waals surface area contributed by atoms with E-state index in [1.807, 2.05) is 0 Å². The molecule has 0 aliphatic carbocycles. The molecule has 1 nitrogen and oxygen atoms in total. The van der Waals surface area contributed by atoms with Crippen molar-refractivity contribution < 1.29 is 0 Å². The van der Waals surface area contributed by atoms with Crippen molar-refractivity contribution in [3.05, 3.63) is 53.0 Å². The van der Waals surface area contributed by atoms with Gasteiger partial charge in [-0.2, -0.15) is 0 Å². The van der Waals surface area contributed by atoms with Gasteiger partial charge in [0.2, 0.25) is 0 Å². The number of rotatable bonds is 6. The Bertz CT molecular complexity index is 376. The van der Waals surface area contributed by atoms with Crippen LogP contribution in [0.15, 0.2) is 52.3 Å². The molecule has 92 valence electrons. The summed E-state index contributed by atoms with van der Waals surface area (Å²) in [7, 11) is 0. The van der Waals surface area contributed by atoms with Gasteiger partial charge in [-0.1, -0.05) is 55.5 Å². The van der Waals surface area contributed by atoms with Crippen LogP contribution in [0, 0.1) is 0 Å². The number of nitrogens with two attached hydrogens (primary N) is 1. The summed E-state index contributed by atoms with van der Waals surface area (Å²) in [5.41, 5.74) is 6.77. The smallest absolute Gasteiger partial charge is 0.0178 e. The molecule has 0 amide bonds. The summed E-state index contributed by atoms with van der Waals surface area (Å²) >= 11 is 1.81. The van der Waals surface area contributed by atoms with Gasteiger partial charge in [0, 0.05) is 16.3 Å². The third-order valence-electron chi connectivity index (χ3n) is 2.36. The molecule has 1 rings (SSSR count). The molecule has 0 spiro atoms. The molecule has 0 radical (unpaired) electrons. The molecule has 0 aliphatic heterocycles. The first-order chi connectivity index (χ1) is 8.30. The van der Waals surface area contributed by atoms with Gasteiger partial charge in [-0.25, -0.2) is 0 Å². The predicted molar refractivity (Wildman–Crippen MR) is 78.0 cm³/mol. The Kier molecular flexibility index (Phi) is 6.75. The van der Waals surface area contributed by atoms with Crippen LogP contribution in [0.25, 0.3) is 0 Å². The topological polar surface area (TPSA) is 26.0 Å². The maximum Gasteiger partial charge on any atom is 0.0178 e. The van der Waals surface area contributed by atoms with Gasteiger partial charge in [0.05, 0.1) is 0 Å². The first-order valence-corrected chi connectivity index (χ1v) is 6.91. The Morgan fingerprint density at radius 3 is 2.53 bits per heavy atom. The second-order valence-electron chi connectivity index (χ2n) is 3.85. The number of unbranched alkanes of at least 4 members (excludes halogenated alkanes) is 1. The molecule has 1 aromatic carbocycles. The summed E-state index contributed by atoms with van der Waals surface area (Å²) in [4.78, 5) is 2.58. The fourth-order valence-corrected chi connectivity index (χ4v) is 2.37. The number of benzene rings is 1. The first-order valence-electron chi connectivity index (χ1n) is 6.09. The molecule has 0 aromatic heterocycles. The number of hydrogen-bond acceptors (Lipinski definition) is 2. The molecule has 1 aromatic rings. The molecule has 17 heavy (non-hydrogen) atoms. The van der Waals surface area contributed by atoms with Crippen molar-refractivity contribution in [2.45, 2.75) is 38.1 Å². The normalized spacial score (nSPS) is 12.3. The van der Waals surface area contributed by atoms with Crippen molar-refractivity contribution in [2.75, 3.05) is 0 Å². The summed E-state index contributed by atoms with van der Waals surface area (Å²) in [6.45, 7) is 4.86. The van der Waals surface area contributed by atoms with E-state index in [2.05, 4.69) is 56.3 Å². The van der Waals surface area contributed by atoms with Crippen LogP contribution in [0.5, 0.6) is 0 Å². The van der Waals surface area contributed by atoms with E-state index in [0.29, 0.717) is 6.54 Å². The molecular weight excluding hydrogens is 226 g/mol. The lowest BCUT2D eigenvalue weighted by molar-refractivity contribution is 0.957. The fraction of sp³-hybridized carbons (Fsp3) is 0.333. The second-order valence-corrected chi connectivity index (χ2v) is 4.99. The molecule has 0 unspecified atom stereocenters. The van der Waals surface area contributed by atoms with Gasteiger partial charge in [0.15, 0.2) is 0 Å². The summed E-state index contributed by atoms with van der Waals surface area (Å²) in [6.07, 6.45) is 8.86. The minimum Gasteiger partial charge on any atom is -0.326 e. The van der Waals surface area contributed by atoms with Crippen LogP contribution in [0.4, 0.5) is 0 Å². The van der Waals surface area contributed by atoms with Crippen LogP contribution >= 0.6 is 11.8 Å². The average Bonchev–Trinajstić information content (AvgIpc) is 2.37. The van der Waals surface area contributed by atoms with Crippen LogP contribution in [0.1, 0.15) is 32.3 Å². The summed E-state index contributed by atoms with van der Waals surface area (Å²) in [6, 6.07) is 8.46. The molecule has 0 fully saturated rings. The highest BCUT2D eigenvalue weighted by molar-refractivity contribution is 8.03. The van der Waals surface area contributed by atoms with E-state index in [0.717, 1.165) is 6.42 Å². The van der Waals surface area contributed by atoms with Crippen molar-refractivity contribution in [2.24, 2.45) is 5.73 Å². The Hall–Kier alpha value is -0.990. The highest BCUT2D eigenvalue weighted by Gasteiger charge is 1.97. The third-order valence-corrected chi connectivity index (χ3v) is 3.41. The van der Waals surface area contributed by atoms with Gasteiger partial charge in [0.1, 0.15) is 0 Å². The van der Waals surface area contributed by atoms with Gasteiger partial charge in [-0.05, 0) is 31.0 Å². The van der Waals surface area contributed by atoms with E-state index >= 15 is 0 Å². The Morgan fingerprint density at radius 2 is 2.00 bits per heavy atom.